The van der Waals surface area contributed by atoms with E-state index in [1.165, 1.54) is 0 Å². The number of halogens is 2. The van der Waals surface area contributed by atoms with Crippen LogP contribution in [0.2, 0.25) is 10.0 Å². The molecule has 0 aliphatic carbocycles. The van der Waals surface area contributed by atoms with E-state index in [1.807, 2.05) is 112 Å². The normalized spacial score (nSPS) is 14.6. The first-order valence-electron chi connectivity index (χ1n) is 27.8. The zero-order valence-corrected chi connectivity index (χ0v) is 51.0. The minimum absolute atomic E-state index is 0. The number of hydrogen-bond donors (Lipinski definition) is 4. The molecule has 2 heterocycles. The van der Waals surface area contributed by atoms with Gasteiger partial charge in [-0.25, -0.2) is 9.13 Å². The van der Waals surface area contributed by atoms with Crippen molar-refractivity contribution in [3.8, 4) is 0 Å². The summed E-state index contributed by atoms with van der Waals surface area (Å²) in [6, 6.07) is 53.9. The maximum Gasteiger partial charge on any atom is 0.476 e. The van der Waals surface area contributed by atoms with Gasteiger partial charge in [0.15, 0.2) is 0 Å². The quantitative estimate of drug-likeness (QED) is 0.0666. The standard InChI is InChI=1S/C40H38ClN2O6P.C26H26ClN2O6P.2CH4/c1-28-12-9-10-17-34(28)39(44)42-33-20-21-35(29(2)24-33)40(45)43-23-11-18-38(36-25-32(41)19-22-37(36)43)49-50(46,47-26-30-13-5-3-6-14-30)48-27-31-15-7-4-8-16-31;1-16-6-3-4-7-20(16)25(30)28-19-10-11-21(17(2)14-19)26(31)29-13-5-8-24(35-36(32,33)34)22-15-18(27)9-12-23(22)29;;/h3-10,12-17,19-22,24-25,38H,11,18,23,26-27H2,1-2H3,(H,42,44);3-4,6-7,9-12,14-15,24H,5,8,13H2,1-2H3,(H,28,30)(H2,32,33,34);2*1H4. The molecule has 460 valence electrons. The number of carbonyl (C=O) groups excluding carboxylic acids is 4. The second-order valence-corrected chi connectivity index (χ2v) is 24.5. The average Bonchev–Trinajstić information content (AvgIpc) is 1.92. The van der Waals surface area contributed by atoms with E-state index in [9.17, 15) is 38.1 Å². The lowest BCUT2D eigenvalue weighted by atomic mass is 10.0. The Morgan fingerprint density at radius 3 is 1.26 bits per heavy atom. The van der Waals surface area contributed by atoms with Crippen LogP contribution in [0.3, 0.4) is 0 Å². The molecule has 2 aliphatic heterocycles. The zero-order valence-electron chi connectivity index (χ0n) is 47.7. The van der Waals surface area contributed by atoms with Crippen LogP contribution in [0.15, 0.2) is 182 Å². The van der Waals surface area contributed by atoms with E-state index < -0.39 is 27.9 Å². The van der Waals surface area contributed by atoms with E-state index >= 15 is 0 Å². The molecule has 4 N–H and O–H groups in total. The van der Waals surface area contributed by atoms with Crippen molar-refractivity contribution in [2.45, 2.75) is 93.7 Å². The van der Waals surface area contributed by atoms with Gasteiger partial charge >= 0.3 is 15.6 Å². The largest absolute Gasteiger partial charge is 0.476 e. The Kier molecular flexibility index (Phi) is 23.6. The second-order valence-electron chi connectivity index (χ2n) is 20.8. The van der Waals surface area contributed by atoms with Gasteiger partial charge in [-0.05, 0) is 172 Å². The van der Waals surface area contributed by atoms with Crippen LogP contribution in [0.25, 0.3) is 0 Å². The molecule has 88 heavy (non-hydrogen) atoms. The number of amides is 4. The van der Waals surface area contributed by atoms with Crippen molar-refractivity contribution < 1.29 is 56.2 Å². The average molecular weight is 1270 g/mol. The molecule has 16 nitrogen and oxygen atoms in total. The fourth-order valence-electron chi connectivity index (χ4n) is 10.3. The number of rotatable bonds is 16. The first kappa shape index (κ1) is 67.9. The smallest absolute Gasteiger partial charge is 0.322 e. The van der Waals surface area contributed by atoms with Crippen molar-refractivity contribution in [3.63, 3.8) is 0 Å². The maximum absolute atomic E-state index is 14.3. The second kappa shape index (κ2) is 30.6. The summed E-state index contributed by atoms with van der Waals surface area (Å²) in [5, 5.41) is 6.63. The highest BCUT2D eigenvalue weighted by Crippen LogP contribution is 2.57. The Morgan fingerprint density at radius 1 is 0.489 bits per heavy atom. The Labute approximate surface area is 524 Å². The van der Waals surface area contributed by atoms with Crippen LogP contribution in [0.1, 0.15) is 139 Å². The minimum Gasteiger partial charge on any atom is -0.322 e. The SMILES string of the molecule is C.C.Cc1ccccc1C(=O)Nc1ccc(C(=O)N2CCCC(OP(=O)(O)O)c3cc(Cl)ccc32)c(C)c1.Cc1ccccc1C(=O)Nc1ccc(C(=O)N2CCCC(OP(=O)(OCc3ccccc3)OCc3ccccc3)c3cc(Cl)ccc32)c(C)c1. The van der Waals surface area contributed by atoms with E-state index in [-0.39, 0.29) is 51.7 Å². The van der Waals surface area contributed by atoms with Gasteiger partial charge in [-0.3, -0.25) is 37.3 Å². The fraction of sp³-hybridized carbons (Fsp3) is 0.235. The third-order valence-electron chi connectivity index (χ3n) is 14.6. The molecule has 0 radical (unpaired) electrons. The highest BCUT2D eigenvalue weighted by atomic mass is 35.5. The number of carbonyl (C=O) groups is 4. The van der Waals surface area contributed by atoms with Crippen LogP contribution in [0.4, 0.5) is 22.7 Å². The number of benzene rings is 8. The molecule has 2 aliphatic rings. The van der Waals surface area contributed by atoms with Crippen LogP contribution >= 0.6 is 38.8 Å². The number of phosphoric acid groups is 2. The van der Waals surface area contributed by atoms with Crippen molar-refractivity contribution in [3.05, 3.63) is 259 Å². The molecule has 20 heteroatoms. The molecular formula is C68H72Cl2N4O12P2. The van der Waals surface area contributed by atoms with Gasteiger partial charge in [-0.15, -0.1) is 0 Å². The third kappa shape index (κ3) is 17.4. The van der Waals surface area contributed by atoms with Gasteiger partial charge < -0.3 is 30.2 Å². The summed E-state index contributed by atoms with van der Waals surface area (Å²) < 4.78 is 49.0. The molecule has 10 rings (SSSR count). The van der Waals surface area contributed by atoms with Gasteiger partial charge in [0, 0.05) is 79.3 Å². The highest BCUT2D eigenvalue weighted by Gasteiger charge is 2.37. The molecule has 8 aromatic rings. The van der Waals surface area contributed by atoms with Crippen LogP contribution in [0.5, 0.6) is 0 Å². The van der Waals surface area contributed by atoms with Gasteiger partial charge in [0.1, 0.15) is 0 Å². The molecule has 8 aromatic carbocycles. The fourth-order valence-corrected chi connectivity index (χ4v) is 12.6. The summed E-state index contributed by atoms with van der Waals surface area (Å²) in [5.74, 6) is -0.943. The van der Waals surface area contributed by atoms with Crippen molar-refractivity contribution in [2.24, 2.45) is 0 Å². The summed E-state index contributed by atoms with van der Waals surface area (Å²) >= 11 is 12.7. The topological polar surface area (TPSA) is 210 Å². The van der Waals surface area contributed by atoms with Crippen LogP contribution in [-0.4, -0.2) is 46.5 Å². The van der Waals surface area contributed by atoms with Crippen LogP contribution in [-0.2, 0) is 40.4 Å². The molecular weight excluding hydrogens is 1200 g/mol. The lowest BCUT2D eigenvalue weighted by Gasteiger charge is -2.27. The Bertz CT molecular complexity index is 3840. The van der Waals surface area contributed by atoms with Gasteiger partial charge in [-0.2, -0.15) is 0 Å². The zero-order chi connectivity index (χ0) is 61.1. The summed E-state index contributed by atoms with van der Waals surface area (Å²) in [5.41, 5.74) is 10.1. The lowest BCUT2D eigenvalue weighted by molar-refractivity contribution is 0.0663. The summed E-state index contributed by atoms with van der Waals surface area (Å²) in [6.45, 7) is 8.14. The Balaban J connectivity index is 0.000000258. The Hall–Kier alpha value is -7.56. The summed E-state index contributed by atoms with van der Waals surface area (Å²) in [7, 11) is -8.90. The predicted molar refractivity (Wildman–Crippen MR) is 349 cm³/mol. The van der Waals surface area contributed by atoms with Crippen LogP contribution < -0.4 is 20.4 Å². The molecule has 0 saturated heterocycles. The van der Waals surface area contributed by atoms with Gasteiger partial charge in [0.2, 0.25) is 0 Å². The summed E-state index contributed by atoms with van der Waals surface area (Å²) in [4.78, 5) is 75.4. The summed E-state index contributed by atoms with van der Waals surface area (Å²) in [6.07, 6.45) is 0.116. The predicted octanol–water partition coefficient (Wildman–Crippen LogP) is 17.3. The number of aryl methyl sites for hydroxylation is 4. The van der Waals surface area contributed by atoms with Crippen molar-refractivity contribution in [2.75, 3.05) is 33.5 Å². The molecule has 0 spiro atoms. The number of anilines is 4. The number of nitrogens with one attached hydrogen (secondary N) is 2. The van der Waals surface area contributed by atoms with E-state index in [0.29, 0.717) is 116 Å². The van der Waals surface area contributed by atoms with E-state index in [0.717, 1.165) is 22.3 Å². The van der Waals surface area contributed by atoms with E-state index in [2.05, 4.69) is 10.6 Å². The lowest BCUT2D eigenvalue weighted by Crippen LogP contribution is -2.32. The van der Waals surface area contributed by atoms with Gasteiger partial charge in [0.05, 0.1) is 25.4 Å². The monoisotopic (exact) mass is 1270 g/mol. The molecule has 2 unspecified atom stereocenters. The number of fused-ring (bicyclic) bond motifs is 2. The third-order valence-corrected chi connectivity index (χ3v) is 17.0. The van der Waals surface area contributed by atoms with Gasteiger partial charge in [-0.1, -0.05) is 135 Å². The molecule has 2 atom stereocenters. The molecule has 0 saturated carbocycles. The maximum atomic E-state index is 14.3. The highest BCUT2D eigenvalue weighted by molar-refractivity contribution is 7.48. The number of phosphoric ester groups is 2. The molecule has 0 aromatic heterocycles. The molecule has 0 bridgehead atoms. The van der Waals surface area contributed by atoms with E-state index in [1.54, 1.807) is 108 Å². The number of hydrogen-bond acceptors (Lipinski definition) is 10. The first-order chi connectivity index (χ1) is 41.2. The Morgan fingerprint density at radius 2 is 0.875 bits per heavy atom. The first-order valence-corrected chi connectivity index (χ1v) is 31.5. The van der Waals surface area contributed by atoms with Crippen molar-refractivity contribution in [1.29, 1.82) is 0 Å². The van der Waals surface area contributed by atoms with Gasteiger partial charge in [0.25, 0.3) is 23.6 Å². The molecule has 0 fully saturated rings. The van der Waals surface area contributed by atoms with E-state index in [4.69, 9.17) is 41.3 Å². The van der Waals surface area contributed by atoms with Crippen LogP contribution in [0, 0.1) is 27.7 Å². The minimum atomic E-state index is -4.76. The molecule has 4 amide bonds. The van der Waals surface area contributed by atoms with Crippen molar-refractivity contribution in [1.82, 2.24) is 0 Å². The number of nitrogens with zero attached hydrogens (tertiary/aromatic N) is 2. The van der Waals surface area contributed by atoms with Crippen molar-refractivity contribution >= 4 is 85.2 Å².